The monoisotopic (exact) mass is 313 g/mol. The van der Waals surface area contributed by atoms with Crippen molar-refractivity contribution in [2.24, 2.45) is 0 Å². The van der Waals surface area contributed by atoms with Crippen LogP contribution in [0, 0.1) is 10.1 Å². The van der Waals surface area contributed by atoms with Crippen LogP contribution in [0.3, 0.4) is 0 Å². The molecule has 1 aliphatic heterocycles. The summed E-state index contributed by atoms with van der Waals surface area (Å²) in [6, 6.07) is 4.15. The number of anilines is 1. The van der Waals surface area contributed by atoms with Crippen molar-refractivity contribution in [2.75, 3.05) is 25.0 Å². The Kier molecular flexibility index (Phi) is 4.79. The molecule has 0 atom stereocenters. The molecule has 1 N–H and O–H groups in total. The minimum absolute atomic E-state index is 0.226. The molecule has 1 aromatic rings. The summed E-state index contributed by atoms with van der Waals surface area (Å²) in [5, 5.41) is 14.2. The van der Waals surface area contributed by atoms with E-state index in [0.29, 0.717) is 25.3 Å². The highest BCUT2D eigenvalue weighted by Crippen LogP contribution is 2.31. The normalized spacial score (nSPS) is 16.0. The number of nitrogens with one attached hydrogen (secondary N) is 1. The molecule has 0 radical (unpaired) electrons. The molecule has 0 bridgehead atoms. The van der Waals surface area contributed by atoms with E-state index in [1.54, 1.807) is 0 Å². The summed E-state index contributed by atoms with van der Waals surface area (Å²) in [4.78, 5) is 10.2. The quantitative estimate of drug-likeness (QED) is 0.642. The van der Waals surface area contributed by atoms with Gasteiger partial charge in [0.15, 0.2) is 4.90 Å². The fourth-order valence-electron chi connectivity index (χ4n) is 2.32. The fraction of sp³-hybridized carbons (Fsp3) is 0.538. The molecule has 0 amide bonds. The number of rotatable bonds is 6. The van der Waals surface area contributed by atoms with Gasteiger partial charge in [0.25, 0.3) is 5.69 Å². The molecule has 0 aromatic heterocycles. The highest BCUT2D eigenvalue weighted by atomic mass is 32.2. The number of nitro groups is 1. The van der Waals surface area contributed by atoms with Crippen LogP contribution >= 0.6 is 0 Å². The number of sulfonamides is 1. The largest absolute Gasteiger partial charge is 0.385 e. The topological polar surface area (TPSA) is 92.5 Å². The molecular weight excluding hydrogens is 294 g/mol. The summed E-state index contributed by atoms with van der Waals surface area (Å²) in [6.45, 7) is 3.51. The van der Waals surface area contributed by atoms with Gasteiger partial charge in [0, 0.05) is 31.4 Å². The molecule has 0 unspecified atom stereocenters. The molecule has 1 saturated heterocycles. The Hall–Kier alpha value is -1.67. The Morgan fingerprint density at radius 2 is 2.00 bits per heavy atom. The molecule has 0 aliphatic carbocycles. The lowest BCUT2D eigenvalue weighted by atomic mass is 10.3. The molecule has 1 aromatic carbocycles. The van der Waals surface area contributed by atoms with Crippen LogP contribution in [0.15, 0.2) is 23.1 Å². The molecule has 0 saturated carbocycles. The van der Waals surface area contributed by atoms with Gasteiger partial charge in [0.05, 0.1) is 4.92 Å². The van der Waals surface area contributed by atoms with Gasteiger partial charge in [-0.15, -0.1) is 0 Å². The van der Waals surface area contributed by atoms with Crippen LogP contribution < -0.4 is 5.32 Å². The van der Waals surface area contributed by atoms with Gasteiger partial charge in [-0.25, -0.2) is 8.42 Å². The average Bonchev–Trinajstić information content (AvgIpc) is 2.99. The van der Waals surface area contributed by atoms with Gasteiger partial charge in [-0.3, -0.25) is 10.1 Å². The third-order valence-corrected chi connectivity index (χ3v) is 5.35. The van der Waals surface area contributed by atoms with E-state index in [1.165, 1.54) is 22.5 Å². The van der Waals surface area contributed by atoms with Gasteiger partial charge < -0.3 is 5.32 Å². The van der Waals surface area contributed by atoms with E-state index >= 15 is 0 Å². The van der Waals surface area contributed by atoms with Crippen LogP contribution in [-0.4, -0.2) is 37.3 Å². The minimum atomic E-state index is -3.81. The predicted octanol–water partition coefficient (Wildman–Crippen LogP) is 2.20. The average molecular weight is 313 g/mol. The van der Waals surface area contributed by atoms with Crippen molar-refractivity contribution in [2.45, 2.75) is 31.1 Å². The van der Waals surface area contributed by atoms with Gasteiger partial charge in [0.2, 0.25) is 10.0 Å². The second-order valence-corrected chi connectivity index (χ2v) is 6.88. The lowest BCUT2D eigenvalue weighted by molar-refractivity contribution is -0.387. The number of benzene rings is 1. The Morgan fingerprint density at radius 3 is 2.57 bits per heavy atom. The van der Waals surface area contributed by atoms with Crippen LogP contribution in [0.5, 0.6) is 0 Å². The SMILES string of the molecule is CCCNc1ccc([N+](=O)[O-])c(S(=O)(=O)N2CCCC2)c1. The van der Waals surface area contributed by atoms with Gasteiger partial charge in [-0.05, 0) is 31.4 Å². The van der Waals surface area contributed by atoms with Crippen LogP contribution in [0.4, 0.5) is 11.4 Å². The van der Waals surface area contributed by atoms with E-state index < -0.39 is 14.9 Å². The van der Waals surface area contributed by atoms with E-state index in [4.69, 9.17) is 0 Å². The summed E-state index contributed by atoms with van der Waals surface area (Å²) < 4.78 is 26.5. The zero-order valence-corrected chi connectivity index (χ0v) is 12.7. The molecule has 2 rings (SSSR count). The summed E-state index contributed by atoms with van der Waals surface area (Å²) in [7, 11) is -3.81. The van der Waals surface area contributed by atoms with Crippen molar-refractivity contribution in [3.8, 4) is 0 Å². The second-order valence-electron chi connectivity index (χ2n) is 4.98. The zero-order chi connectivity index (χ0) is 15.5. The van der Waals surface area contributed by atoms with E-state index in [1.807, 2.05) is 6.92 Å². The first-order valence-electron chi connectivity index (χ1n) is 6.99. The standard InChI is InChI=1S/C13H19N3O4S/c1-2-7-14-11-5-6-12(16(17)18)13(10-11)21(19,20)15-8-3-4-9-15/h5-6,10,14H,2-4,7-9H2,1H3. The zero-order valence-electron chi connectivity index (χ0n) is 11.9. The van der Waals surface area contributed by atoms with Crippen LogP contribution in [-0.2, 0) is 10.0 Å². The van der Waals surface area contributed by atoms with Crippen molar-refractivity contribution in [3.05, 3.63) is 28.3 Å². The van der Waals surface area contributed by atoms with Crippen molar-refractivity contribution >= 4 is 21.4 Å². The van der Waals surface area contributed by atoms with Crippen LogP contribution in [0.25, 0.3) is 0 Å². The second kappa shape index (κ2) is 6.40. The molecule has 21 heavy (non-hydrogen) atoms. The molecule has 1 aliphatic rings. The Morgan fingerprint density at radius 1 is 1.33 bits per heavy atom. The molecule has 1 heterocycles. The molecule has 116 valence electrons. The smallest absolute Gasteiger partial charge is 0.289 e. The van der Waals surface area contributed by atoms with Gasteiger partial charge in [-0.2, -0.15) is 4.31 Å². The Labute approximate surface area is 124 Å². The first kappa shape index (κ1) is 15.7. The molecule has 1 fully saturated rings. The van der Waals surface area contributed by atoms with E-state index in [9.17, 15) is 18.5 Å². The summed E-state index contributed by atoms with van der Waals surface area (Å²) in [5.74, 6) is 0. The molecule has 0 spiro atoms. The summed E-state index contributed by atoms with van der Waals surface area (Å²) in [6.07, 6.45) is 2.47. The van der Waals surface area contributed by atoms with Crippen molar-refractivity contribution in [3.63, 3.8) is 0 Å². The van der Waals surface area contributed by atoms with E-state index in [0.717, 1.165) is 19.3 Å². The molecule has 7 nitrogen and oxygen atoms in total. The highest BCUT2D eigenvalue weighted by Gasteiger charge is 2.33. The highest BCUT2D eigenvalue weighted by molar-refractivity contribution is 7.89. The van der Waals surface area contributed by atoms with Crippen LogP contribution in [0.1, 0.15) is 26.2 Å². The number of hydrogen-bond acceptors (Lipinski definition) is 5. The lowest BCUT2D eigenvalue weighted by Crippen LogP contribution is -2.28. The third-order valence-electron chi connectivity index (χ3n) is 3.42. The molecular formula is C13H19N3O4S. The first-order chi connectivity index (χ1) is 9.96. The van der Waals surface area contributed by atoms with E-state index in [2.05, 4.69) is 5.32 Å². The Balaban J connectivity index is 2.45. The number of hydrogen-bond donors (Lipinski definition) is 1. The van der Waals surface area contributed by atoms with Gasteiger partial charge in [-0.1, -0.05) is 6.92 Å². The van der Waals surface area contributed by atoms with Crippen molar-refractivity contribution < 1.29 is 13.3 Å². The first-order valence-corrected chi connectivity index (χ1v) is 8.43. The molecule has 8 heteroatoms. The lowest BCUT2D eigenvalue weighted by Gasteiger charge is -2.16. The maximum Gasteiger partial charge on any atom is 0.289 e. The maximum absolute atomic E-state index is 12.6. The van der Waals surface area contributed by atoms with Crippen molar-refractivity contribution in [1.82, 2.24) is 4.31 Å². The van der Waals surface area contributed by atoms with Gasteiger partial charge in [0.1, 0.15) is 0 Å². The van der Waals surface area contributed by atoms with Crippen LogP contribution in [0.2, 0.25) is 0 Å². The third kappa shape index (κ3) is 3.33. The number of nitro benzene ring substituents is 1. The van der Waals surface area contributed by atoms with Crippen molar-refractivity contribution in [1.29, 1.82) is 0 Å². The minimum Gasteiger partial charge on any atom is -0.385 e. The fourth-order valence-corrected chi connectivity index (χ4v) is 4.02. The summed E-state index contributed by atoms with van der Waals surface area (Å²) >= 11 is 0. The Bertz CT molecular complexity index is 624. The number of nitrogens with zero attached hydrogens (tertiary/aromatic N) is 2. The van der Waals surface area contributed by atoms with Gasteiger partial charge >= 0.3 is 0 Å². The predicted molar refractivity (Wildman–Crippen MR) is 79.9 cm³/mol. The summed E-state index contributed by atoms with van der Waals surface area (Å²) in [5.41, 5.74) is 0.212. The maximum atomic E-state index is 12.6. The van der Waals surface area contributed by atoms with E-state index in [-0.39, 0.29) is 10.6 Å².